The number of nitrogens with one attached hydrogen (secondary N) is 1. The van der Waals surface area contributed by atoms with Crippen molar-refractivity contribution < 1.29 is 9.13 Å². The molecule has 1 N–H and O–H groups in total. The summed E-state index contributed by atoms with van der Waals surface area (Å²) < 4.78 is 20.6. The molecule has 0 unspecified atom stereocenters. The van der Waals surface area contributed by atoms with Crippen LogP contribution in [0.15, 0.2) is 79.0 Å². The van der Waals surface area contributed by atoms with Crippen LogP contribution >= 0.6 is 11.6 Å². The minimum Gasteiger partial charge on any atom is -0.497 e. The van der Waals surface area contributed by atoms with Crippen molar-refractivity contribution in [3.05, 3.63) is 95.5 Å². The first-order valence-corrected chi connectivity index (χ1v) is 9.98. The van der Waals surface area contributed by atoms with Crippen molar-refractivity contribution in [3.63, 3.8) is 0 Å². The van der Waals surface area contributed by atoms with E-state index >= 15 is 0 Å². The highest BCUT2D eigenvalue weighted by atomic mass is 35.5. The van der Waals surface area contributed by atoms with E-state index in [1.165, 1.54) is 12.1 Å². The van der Waals surface area contributed by atoms with Crippen LogP contribution in [0, 0.1) is 5.82 Å². The Bertz CT molecular complexity index is 1040. The molecule has 1 heterocycles. The van der Waals surface area contributed by atoms with Gasteiger partial charge in [-0.2, -0.15) is 0 Å². The molecule has 0 saturated heterocycles. The smallest absolute Gasteiger partial charge is 0.144 e. The van der Waals surface area contributed by atoms with Crippen LogP contribution in [0.25, 0.3) is 17.1 Å². The fourth-order valence-corrected chi connectivity index (χ4v) is 3.32. The van der Waals surface area contributed by atoms with Crippen LogP contribution in [-0.4, -0.2) is 23.2 Å². The topological polar surface area (TPSA) is 39.1 Å². The third-order valence-electron chi connectivity index (χ3n) is 4.76. The number of nitrogens with zero attached hydrogens (tertiary/aromatic N) is 2. The van der Waals surface area contributed by atoms with Crippen molar-refractivity contribution in [1.82, 2.24) is 9.55 Å². The van der Waals surface area contributed by atoms with Gasteiger partial charge in [-0.1, -0.05) is 11.6 Å². The summed E-state index contributed by atoms with van der Waals surface area (Å²) >= 11 is 6.04. The Morgan fingerprint density at radius 2 is 1.67 bits per heavy atom. The summed E-state index contributed by atoms with van der Waals surface area (Å²) in [4.78, 5) is 4.82. The molecule has 0 radical (unpaired) electrons. The average Bonchev–Trinajstić information content (AvgIpc) is 3.19. The van der Waals surface area contributed by atoms with Gasteiger partial charge in [-0.05, 0) is 72.8 Å². The lowest BCUT2D eigenvalue weighted by molar-refractivity contribution is 0.415. The van der Waals surface area contributed by atoms with Crippen LogP contribution in [0.1, 0.15) is 5.69 Å². The number of halogens is 2. The fourth-order valence-electron chi connectivity index (χ4n) is 3.19. The molecule has 152 valence electrons. The number of ether oxygens (including phenoxy) is 1. The molecule has 0 aliphatic rings. The number of benzene rings is 3. The molecule has 4 nitrogen and oxygen atoms in total. The number of hydrogen-bond acceptors (Lipinski definition) is 3. The zero-order valence-corrected chi connectivity index (χ0v) is 17.2. The first-order valence-electron chi connectivity index (χ1n) is 9.60. The van der Waals surface area contributed by atoms with E-state index in [0.717, 1.165) is 47.2 Å². The monoisotopic (exact) mass is 421 g/mol. The van der Waals surface area contributed by atoms with Gasteiger partial charge in [-0.15, -0.1) is 0 Å². The Morgan fingerprint density at radius 1 is 0.967 bits per heavy atom. The first kappa shape index (κ1) is 20.0. The maximum Gasteiger partial charge on any atom is 0.144 e. The molecule has 0 spiro atoms. The standard InChI is InChI=1S/C24H21ClFN3O/c1-30-23-12-8-20(9-13-23)27-15-14-21-16-29(22-10-4-18(25)5-11-22)24(28-21)17-2-6-19(26)7-3-17/h2-13,16,27H,14-15H2,1H3. The number of aromatic nitrogens is 2. The third-order valence-corrected chi connectivity index (χ3v) is 5.02. The largest absolute Gasteiger partial charge is 0.497 e. The molecule has 4 rings (SSSR count). The maximum absolute atomic E-state index is 13.4. The van der Waals surface area contributed by atoms with Crippen LogP contribution in [0.5, 0.6) is 5.75 Å². The number of hydrogen-bond donors (Lipinski definition) is 1. The van der Waals surface area contributed by atoms with Gasteiger partial charge >= 0.3 is 0 Å². The second-order valence-corrected chi connectivity index (χ2v) is 7.25. The molecule has 0 fully saturated rings. The van der Waals surface area contributed by atoms with Crippen molar-refractivity contribution in [3.8, 4) is 22.8 Å². The van der Waals surface area contributed by atoms with E-state index in [1.807, 2.05) is 59.3 Å². The third kappa shape index (κ3) is 4.63. The van der Waals surface area contributed by atoms with Gasteiger partial charge in [0.1, 0.15) is 17.4 Å². The molecular formula is C24H21ClFN3O. The Kier molecular flexibility index (Phi) is 6.00. The normalized spacial score (nSPS) is 10.8. The Balaban J connectivity index is 1.56. The molecule has 0 amide bonds. The number of imidazole rings is 1. The molecule has 0 aliphatic heterocycles. The molecule has 0 bridgehead atoms. The van der Waals surface area contributed by atoms with Gasteiger partial charge in [0.2, 0.25) is 0 Å². The summed E-state index contributed by atoms with van der Waals surface area (Å²) in [6.07, 6.45) is 2.75. The van der Waals surface area contributed by atoms with Crippen molar-refractivity contribution >= 4 is 17.3 Å². The molecule has 30 heavy (non-hydrogen) atoms. The lowest BCUT2D eigenvalue weighted by Gasteiger charge is -2.08. The van der Waals surface area contributed by atoms with Crippen molar-refractivity contribution in [2.45, 2.75) is 6.42 Å². The highest BCUT2D eigenvalue weighted by molar-refractivity contribution is 6.30. The van der Waals surface area contributed by atoms with Crippen LogP contribution in [0.4, 0.5) is 10.1 Å². The van der Waals surface area contributed by atoms with Gasteiger partial charge in [0.05, 0.1) is 12.8 Å². The predicted molar refractivity (Wildman–Crippen MR) is 119 cm³/mol. The van der Waals surface area contributed by atoms with E-state index in [-0.39, 0.29) is 5.82 Å². The summed E-state index contributed by atoms with van der Waals surface area (Å²) in [5.41, 5.74) is 3.75. The van der Waals surface area contributed by atoms with Crippen LogP contribution in [0.3, 0.4) is 0 Å². The van der Waals surface area contributed by atoms with Gasteiger partial charge in [-0.25, -0.2) is 9.37 Å². The maximum atomic E-state index is 13.4. The summed E-state index contributed by atoms with van der Waals surface area (Å²) in [6, 6.07) is 21.7. The zero-order chi connectivity index (χ0) is 20.9. The molecule has 3 aromatic carbocycles. The highest BCUT2D eigenvalue weighted by Gasteiger charge is 2.12. The van der Waals surface area contributed by atoms with E-state index in [2.05, 4.69) is 5.32 Å². The van der Waals surface area contributed by atoms with Crippen LogP contribution in [0.2, 0.25) is 5.02 Å². The Labute approximate surface area is 179 Å². The molecular weight excluding hydrogens is 401 g/mol. The number of rotatable bonds is 7. The Hall–Kier alpha value is -3.31. The molecule has 1 aromatic heterocycles. The number of anilines is 1. The average molecular weight is 422 g/mol. The van der Waals surface area contributed by atoms with Crippen LogP contribution < -0.4 is 10.1 Å². The molecule has 0 atom stereocenters. The highest BCUT2D eigenvalue weighted by Crippen LogP contribution is 2.25. The van der Waals surface area contributed by atoms with E-state index in [9.17, 15) is 4.39 Å². The predicted octanol–water partition coefficient (Wildman–Crippen LogP) is 6.00. The molecule has 6 heteroatoms. The summed E-state index contributed by atoms with van der Waals surface area (Å²) in [7, 11) is 1.65. The van der Waals surface area contributed by atoms with Crippen molar-refractivity contribution in [1.29, 1.82) is 0 Å². The van der Waals surface area contributed by atoms with Crippen molar-refractivity contribution in [2.75, 3.05) is 19.0 Å². The summed E-state index contributed by atoms with van der Waals surface area (Å²) in [5, 5.41) is 4.07. The lowest BCUT2D eigenvalue weighted by Crippen LogP contribution is -2.05. The SMILES string of the molecule is COc1ccc(NCCc2cn(-c3ccc(Cl)cc3)c(-c3ccc(F)cc3)n2)cc1. The lowest BCUT2D eigenvalue weighted by atomic mass is 10.2. The summed E-state index contributed by atoms with van der Waals surface area (Å²) in [6.45, 7) is 0.729. The number of methoxy groups -OCH3 is 1. The van der Waals surface area contributed by atoms with Crippen molar-refractivity contribution in [2.24, 2.45) is 0 Å². The molecule has 4 aromatic rings. The minimum absolute atomic E-state index is 0.271. The van der Waals surface area contributed by atoms with E-state index in [0.29, 0.717) is 5.02 Å². The quantitative estimate of drug-likeness (QED) is 0.398. The minimum atomic E-state index is -0.271. The summed E-state index contributed by atoms with van der Waals surface area (Å²) in [5.74, 6) is 1.32. The fraction of sp³-hybridized carbons (Fsp3) is 0.125. The van der Waals surface area contributed by atoms with Gasteiger partial charge < -0.3 is 10.1 Å². The molecule has 0 saturated carbocycles. The van der Waals surface area contributed by atoms with E-state index in [4.69, 9.17) is 21.3 Å². The second kappa shape index (κ2) is 9.01. The van der Waals surface area contributed by atoms with Crippen LogP contribution in [-0.2, 0) is 6.42 Å². The van der Waals surface area contributed by atoms with E-state index in [1.54, 1.807) is 19.2 Å². The first-order chi connectivity index (χ1) is 14.6. The zero-order valence-electron chi connectivity index (χ0n) is 16.5. The second-order valence-electron chi connectivity index (χ2n) is 6.81. The molecule has 0 aliphatic carbocycles. The van der Waals surface area contributed by atoms with E-state index < -0.39 is 0 Å². The van der Waals surface area contributed by atoms with Gasteiger partial charge in [-0.3, -0.25) is 4.57 Å². The van der Waals surface area contributed by atoms with Gasteiger partial charge in [0.15, 0.2) is 0 Å². The Morgan fingerprint density at radius 3 is 2.33 bits per heavy atom. The van der Waals surface area contributed by atoms with Gasteiger partial charge in [0.25, 0.3) is 0 Å². The van der Waals surface area contributed by atoms with Gasteiger partial charge in [0, 0.05) is 41.1 Å².